The first kappa shape index (κ1) is 26.0. The molecule has 0 fully saturated rings. The summed E-state index contributed by atoms with van der Waals surface area (Å²) in [7, 11) is 1.26. The van der Waals surface area contributed by atoms with Crippen LogP contribution in [0.1, 0.15) is 94.3 Å². The first-order valence-corrected chi connectivity index (χ1v) is 12.5. The number of Topliss-reactive ketones (excluding diaryl/α,β-unsaturated/α-hetero) is 1. The number of nitrogens with zero attached hydrogens (tertiary/aromatic N) is 1. The standard InChI is InChI=1S/C29H39NO4/c1-19(2)30-21(4)28(22-9-7-6-8-10-22)29(23-13-11-20(3)12-14-23)26(30)16-15-24(31)17-25(32)18-27(33)34-5/h6-7,9,13,15-16,19-20,24,31H,8,10-12,14,17-18H2,1-5H3/b16-15+. The van der Waals surface area contributed by atoms with E-state index in [0.717, 1.165) is 31.4 Å². The van der Waals surface area contributed by atoms with E-state index in [2.05, 4.69) is 61.3 Å². The minimum Gasteiger partial charge on any atom is -0.469 e. The Bertz CT molecular complexity index is 1040. The molecular formula is C29H39NO4. The average molecular weight is 466 g/mol. The van der Waals surface area contributed by atoms with Crippen molar-refractivity contribution in [1.82, 2.24) is 4.57 Å². The van der Waals surface area contributed by atoms with Crippen molar-refractivity contribution in [1.29, 1.82) is 0 Å². The van der Waals surface area contributed by atoms with Crippen LogP contribution in [0.5, 0.6) is 0 Å². The average Bonchev–Trinajstić information content (AvgIpc) is 3.10. The highest BCUT2D eigenvalue weighted by Crippen LogP contribution is 2.42. The zero-order valence-electron chi connectivity index (χ0n) is 21.3. The lowest BCUT2D eigenvalue weighted by molar-refractivity contribution is -0.143. The zero-order chi connectivity index (χ0) is 24.8. The summed E-state index contributed by atoms with van der Waals surface area (Å²) in [5, 5.41) is 10.6. The highest BCUT2D eigenvalue weighted by molar-refractivity contribution is 5.95. The van der Waals surface area contributed by atoms with Gasteiger partial charge in [-0.15, -0.1) is 0 Å². The Balaban J connectivity index is 2.05. The molecule has 34 heavy (non-hydrogen) atoms. The molecule has 1 aromatic rings. The second kappa shape index (κ2) is 11.7. The zero-order valence-corrected chi connectivity index (χ0v) is 21.3. The molecule has 2 aliphatic rings. The summed E-state index contributed by atoms with van der Waals surface area (Å²) in [6.07, 6.45) is 16.6. The second-order valence-corrected chi connectivity index (χ2v) is 9.87. The van der Waals surface area contributed by atoms with Gasteiger partial charge >= 0.3 is 5.97 Å². The lowest BCUT2D eigenvalue weighted by Gasteiger charge is -2.21. The maximum atomic E-state index is 12.1. The van der Waals surface area contributed by atoms with Crippen molar-refractivity contribution >= 4 is 29.0 Å². The van der Waals surface area contributed by atoms with E-state index in [1.165, 1.54) is 41.5 Å². The van der Waals surface area contributed by atoms with Crippen molar-refractivity contribution in [2.24, 2.45) is 5.92 Å². The molecule has 0 radical (unpaired) electrons. The number of aromatic nitrogens is 1. The summed E-state index contributed by atoms with van der Waals surface area (Å²) in [5.41, 5.74) is 7.64. The molecular weight excluding hydrogens is 426 g/mol. The molecule has 0 saturated carbocycles. The minimum absolute atomic E-state index is 0.106. The predicted molar refractivity (Wildman–Crippen MR) is 138 cm³/mol. The van der Waals surface area contributed by atoms with E-state index in [-0.39, 0.29) is 24.7 Å². The molecule has 0 aromatic carbocycles. The van der Waals surface area contributed by atoms with E-state index >= 15 is 0 Å². The predicted octanol–water partition coefficient (Wildman–Crippen LogP) is 6.21. The van der Waals surface area contributed by atoms with Crippen LogP contribution in [0.3, 0.4) is 0 Å². The molecule has 5 nitrogen and oxygen atoms in total. The number of hydrogen-bond donors (Lipinski definition) is 1. The number of methoxy groups -OCH3 is 1. The Kier molecular flexibility index (Phi) is 8.90. The first-order valence-electron chi connectivity index (χ1n) is 12.5. The summed E-state index contributed by atoms with van der Waals surface area (Å²) < 4.78 is 6.91. The van der Waals surface area contributed by atoms with E-state index in [1.54, 1.807) is 6.08 Å². The summed E-state index contributed by atoms with van der Waals surface area (Å²) in [5.74, 6) is -0.215. The minimum atomic E-state index is -0.957. The van der Waals surface area contributed by atoms with Crippen LogP contribution in [-0.2, 0) is 14.3 Å². The molecule has 0 amide bonds. The Labute approximate surface area is 203 Å². The van der Waals surface area contributed by atoms with Gasteiger partial charge in [-0.05, 0) is 76.0 Å². The second-order valence-electron chi connectivity index (χ2n) is 9.87. The molecule has 2 unspecified atom stereocenters. The number of allylic oxidation sites excluding steroid dienone is 6. The van der Waals surface area contributed by atoms with Crippen LogP contribution in [-0.4, -0.2) is 34.6 Å². The number of aliphatic hydroxyl groups excluding tert-OH is 1. The molecule has 2 aliphatic carbocycles. The van der Waals surface area contributed by atoms with Gasteiger partial charge in [-0.25, -0.2) is 0 Å². The normalized spacial score (nSPS) is 19.3. The molecule has 0 saturated heterocycles. The molecule has 0 bridgehead atoms. The molecule has 0 aliphatic heterocycles. The maximum Gasteiger partial charge on any atom is 0.313 e. The van der Waals surface area contributed by atoms with Crippen molar-refractivity contribution in [3.8, 4) is 0 Å². The first-order chi connectivity index (χ1) is 16.2. The molecule has 0 spiro atoms. The summed E-state index contributed by atoms with van der Waals surface area (Å²) in [4.78, 5) is 23.5. The van der Waals surface area contributed by atoms with Crippen molar-refractivity contribution in [3.05, 3.63) is 52.9 Å². The Morgan fingerprint density at radius 1 is 1.24 bits per heavy atom. The van der Waals surface area contributed by atoms with Crippen molar-refractivity contribution < 1.29 is 19.4 Å². The SMILES string of the molecule is COC(=O)CC(=O)CC(O)/C=C/c1c(C2=CCC(C)CC2)c(C2=CC=CCC2)c(C)n1C(C)C. The lowest BCUT2D eigenvalue weighted by Crippen LogP contribution is -2.15. The van der Waals surface area contributed by atoms with Crippen molar-refractivity contribution in [3.63, 3.8) is 0 Å². The summed E-state index contributed by atoms with van der Waals surface area (Å²) in [6, 6.07) is 0.244. The number of ether oxygens (including phenoxy) is 1. The smallest absolute Gasteiger partial charge is 0.313 e. The van der Waals surface area contributed by atoms with E-state index in [9.17, 15) is 14.7 Å². The number of hydrogen-bond acceptors (Lipinski definition) is 4. The maximum absolute atomic E-state index is 12.1. The Morgan fingerprint density at radius 3 is 2.59 bits per heavy atom. The molecule has 5 heteroatoms. The number of carbonyl (C=O) groups is 2. The highest BCUT2D eigenvalue weighted by atomic mass is 16.5. The van der Waals surface area contributed by atoms with Crippen LogP contribution in [0.2, 0.25) is 0 Å². The van der Waals surface area contributed by atoms with Gasteiger partial charge < -0.3 is 14.4 Å². The van der Waals surface area contributed by atoms with Gasteiger partial charge in [0.2, 0.25) is 0 Å². The third kappa shape index (κ3) is 6.06. The summed E-state index contributed by atoms with van der Waals surface area (Å²) in [6.45, 7) is 8.86. The fourth-order valence-electron chi connectivity index (χ4n) is 5.09. The van der Waals surface area contributed by atoms with E-state index in [4.69, 9.17) is 0 Å². The van der Waals surface area contributed by atoms with Crippen LogP contribution in [0.15, 0.2) is 30.4 Å². The highest BCUT2D eigenvalue weighted by Gasteiger charge is 2.26. The number of rotatable bonds is 9. The van der Waals surface area contributed by atoms with E-state index in [0.29, 0.717) is 5.92 Å². The van der Waals surface area contributed by atoms with Gasteiger partial charge in [-0.1, -0.05) is 37.3 Å². The van der Waals surface area contributed by atoms with Crippen LogP contribution < -0.4 is 0 Å². The number of ketones is 1. The quantitative estimate of drug-likeness (QED) is 0.348. The Hall–Kier alpha value is -2.66. The summed E-state index contributed by atoms with van der Waals surface area (Å²) >= 11 is 0. The fourth-order valence-corrected chi connectivity index (χ4v) is 5.09. The van der Waals surface area contributed by atoms with Gasteiger partial charge in [0.05, 0.1) is 13.2 Å². The van der Waals surface area contributed by atoms with Gasteiger partial charge in [-0.2, -0.15) is 0 Å². The number of carbonyl (C=O) groups excluding carboxylic acids is 2. The molecule has 184 valence electrons. The van der Waals surface area contributed by atoms with Gasteiger partial charge in [0.15, 0.2) is 0 Å². The largest absolute Gasteiger partial charge is 0.469 e. The molecule has 3 rings (SSSR count). The number of aliphatic hydroxyl groups is 1. The van der Waals surface area contributed by atoms with Gasteiger partial charge in [-0.3, -0.25) is 9.59 Å². The van der Waals surface area contributed by atoms with Gasteiger partial charge in [0, 0.05) is 35.0 Å². The van der Waals surface area contributed by atoms with Gasteiger partial charge in [0.25, 0.3) is 0 Å². The monoisotopic (exact) mass is 465 g/mol. The van der Waals surface area contributed by atoms with E-state index in [1.807, 2.05) is 6.08 Å². The van der Waals surface area contributed by atoms with Crippen LogP contribution >= 0.6 is 0 Å². The van der Waals surface area contributed by atoms with Crippen LogP contribution in [0.4, 0.5) is 0 Å². The molecule has 1 aromatic heterocycles. The van der Waals surface area contributed by atoms with Gasteiger partial charge in [0.1, 0.15) is 12.2 Å². The van der Waals surface area contributed by atoms with E-state index < -0.39 is 12.1 Å². The third-order valence-corrected chi connectivity index (χ3v) is 6.82. The fraction of sp³-hybridized carbons (Fsp3) is 0.517. The number of esters is 1. The molecule has 2 atom stereocenters. The third-order valence-electron chi connectivity index (χ3n) is 6.82. The van der Waals surface area contributed by atoms with Crippen LogP contribution in [0, 0.1) is 12.8 Å². The molecule has 1 N–H and O–H groups in total. The Morgan fingerprint density at radius 2 is 2.00 bits per heavy atom. The van der Waals surface area contributed by atoms with Crippen molar-refractivity contribution in [2.45, 2.75) is 84.8 Å². The topological polar surface area (TPSA) is 68.5 Å². The lowest BCUT2D eigenvalue weighted by atomic mass is 9.83. The van der Waals surface area contributed by atoms with Crippen LogP contribution in [0.25, 0.3) is 17.2 Å². The molecule has 1 heterocycles. The van der Waals surface area contributed by atoms with Crippen molar-refractivity contribution in [2.75, 3.05) is 7.11 Å².